The van der Waals surface area contributed by atoms with Crippen molar-refractivity contribution < 1.29 is 9.47 Å². The number of morpholine rings is 2. The molecule has 2 atom stereocenters. The molecule has 2 unspecified atom stereocenters. The van der Waals surface area contributed by atoms with E-state index in [1.165, 1.54) is 6.42 Å². The highest BCUT2D eigenvalue weighted by Gasteiger charge is 2.36. The van der Waals surface area contributed by atoms with Gasteiger partial charge in [-0.2, -0.15) is 4.98 Å². The molecule has 4 aliphatic rings. The second-order valence-corrected chi connectivity index (χ2v) is 5.52. The summed E-state index contributed by atoms with van der Waals surface area (Å²) in [6, 6.07) is 0.417. The van der Waals surface area contributed by atoms with Crippen molar-refractivity contribution in [2.45, 2.75) is 25.0 Å². The smallest absolute Gasteiger partial charge is 0.230 e. The standard InChI is InChI=1S/C13H19N5O2/c1-2-11-7-18(10(1)8-20-11)13-15-9-14-12(16-13)17-3-5-19-6-4-17/h9-11H,1-8H2. The van der Waals surface area contributed by atoms with E-state index in [1.54, 1.807) is 6.33 Å². The summed E-state index contributed by atoms with van der Waals surface area (Å²) in [5.74, 6) is 1.56. The average molecular weight is 277 g/mol. The predicted octanol–water partition coefficient (Wildman–Crippen LogP) is 0.0758. The summed E-state index contributed by atoms with van der Waals surface area (Å²) < 4.78 is 11.1. The Bertz CT molecular complexity index is 472. The average Bonchev–Trinajstić information content (AvgIpc) is 2.57. The molecule has 1 aromatic rings. The summed E-state index contributed by atoms with van der Waals surface area (Å²) in [7, 11) is 0. The van der Waals surface area contributed by atoms with Gasteiger partial charge in [0.15, 0.2) is 0 Å². The molecule has 0 aliphatic carbocycles. The normalized spacial score (nSPS) is 29.8. The van der Waals surface area contributed by atoms with Crippen LogP contribution < -0.4 is 9.80 Å². The van der Waals surface area contributed by atoms with Gasteiger partial charge in [-0.25, -0.2) is 9.97 Å². The number of hydrogen-bond donors (Lipinski definition) is 0. The molecule has 0 aromatic carbocycles. The molecule has 7 heteroatoms. The highest BCUT2D eigenvalue weighted by molar-refractivity contribution is 5.40. The largest absolute Gasteiger partial charge is 0.378 e. The van der Waals surface area contributed by atoms with E-state index >= 15 is 0 Å². The highest BCUT2D eigenvalue weighted by Crippen LogP contribution is 2.29. The quantitative estimate of drug-likeness (QED) is 0.758. The molecule has 20 heavy (non-hydrogen) atoms. The van der Waals surface area contributed by atoms with Crippen molar-refractivity contribution >= 4 is 11.9 Å². The molecule has 5 rings (SSSR count). The Hall–Kier alpha value is -1.47. The number of fused-ring (bicyclic) bond motifs is 3. The maximum atomic E-state index is 5.74. The van der Waals surface area contributed by atoms with Crippen LogP contribution in [0.15, 0.2) is 6.33 Å². The Morgan fingerprint density at radius 1 is 1.10 bits per heavy atom. The van der Waals surface area contributed by atoms with Gasteiger partial charge < -0.3 is 19.3 Å². The van der Waals surface area contributed by atoms with E-state index in [-0.39, 0.29) is 0 Å². The molecule has 0 N–H and O–H groups in total. The number of hydrogen-bond acceptors (Lipinski definition) is 7. The lowest BCUT2D eigenvalue weighted by Gasteiger charge is -2.45. The van der Waals surface area contributed by atoms with Crippen LogP contribution in [-0.2, 0) is 9.47 Å². The van der Waals surface area contributed by atoms with E-state index in [2.05, 4.69) is 24.8 Å². The number of rotatable bonds is 2. The minimum atomic E-state index is 0.337. The SMILES string of the molecule is c1nc(N2CCOCC2)nc(N2CC3CCC2CO3)n1. The van der Waals surface area contributed by atoms with E-state index < -0.39 is 0 Å². The van der Waals surface area contributed by atoms with Gasteiger partial charge in [-0.05, 0) is 12.8 Å². The van der Waals surface area contributed by atoms with Crippen molar-refractivity contribution in [3.63, 3.8) is 0 Å². The summed E-state index contributed by atoms with van der Waals surface area (Å²) in [6.45, 7) is 4.87. The summed E-state index contributed by atoms with van der Waals surface area (Å²) in [6.07, 6.45) is 4.28. The molecule has 4 fully saturated rings. The zero-order valence-electron chi connectivity index (χ0n) is 11.4. The van der Waals surface area contributed by atoms with Crippen molar-refractivity contribution in [3.05, 3.63) is 6.33 Å². The number of anilines is 2. The number of piperidine rings is 1. The predicted molar refractivity (Wildman–Crippen MR) is 73.0 cm³/mol. The lowest BCUT2D eigenvalue weighted by atomic mass is 9.98. The van der Waals surface area contributed by atoms with E-state index in [0.717, 1.165) is 57.8 Å². The van der Waals surface area contributed by atoms with Gasteiger partial charge in [0, 0.05) is 19.6 Å². The van der Waals surface area contributed by atoms with Crippen molar-refractivity contribution in [1.29, 1.82) is 0 Å². The first kappa shape index (κ1) is 12.3. The van der Waals surface area contributed by atoms with Crippen molar-refractivity contribution in [2.75, 3.05) is 49.3 Å². The van der Waals surface area contributed by atoms with Crippen LogP contribution in [0.3, 0.4) is 0 Å². The molecular weight excluding hydrogens is 258 g/mol. The molecule has 4 aliphatic heterocycles. The van der Waals surface area contributed by atoms with Gasteiger partial charge in [0.05, 0.1) is 32.0 Å². The van der Waals surface area contributed by atoms with E-state index in [4.69, 9.17) is 9.47 Å². The number of nitrogens with zero attached hydrogens (tertiary/aromatic N) is 5. The van der Waals surface area contributed by atoms with Crippen LogP contribution in [0.25, 0.3) is 0 Å². The van der Waals surface area contributed by atoms with Crippen molar-refractivity contribution in [2.24, 2.45) is 0 Å². The minimum Gasteiger partial charge on any atom is -0.378 e. The molecule has 0 saturated carbocycles. The second kappa shape index (κ2) is 5.14. The van der Waals surface area contributed by atoms with Crippen LogP contribution in [0, 0.1) is 0 Å². The minimum absolute atomic E-state index is 0.337. The molecule has 2 bridgehead atoms. The van der Waals surface area contributed by atoms with Crippen LogP contribution in [0.5, 0.6) is 0 Å². The Balaban J connectivity index is 1.56. The molecule has 7 nitrogen and oxygen atoms in total. The van der Waals surface area contributed by atoms with Gasteiger partial charge in [0.2, 0.25) is 11.9 Å². The first-order valence-electron chi connectivity index (χ1n) is 7.30. The molecule has 0 amide bonds. The maximum absolute atomic E-state index is 5.74. The summed E-state index contributed by atoms with van der Waals surface area (Å²) >= 11 is 0. The summed E-state index contributed by atoms with van der Waals surface area (Å²) in [5.41, 5.74) is 0. The molecule has 108 valence electrons. The van der Waals surface area contributed by atoms with Gasteiger partial charge >= 0.3 is 0 Å². The Morgan fingerprint density at radius 2 is 1.95 bits per heavy atom. The van der Waals surface area contributed by atoms with Gasteiger partial charge in [0.25, 0.3) is 0 Å². The fourth-order valence-corrected chi connectivity index (χ4v) is 3.13. The molecule has 0 spiro atoms. The molecule has 1 aromatic heterocycles. The third-order valence-electron chi connectivity index (χ3n) is 4.28. The third kappa shape index (κ3) is 2.20. The van der Waals surface area contributed by atoms with Crippen LogP contribution in [-0.4, -0.2) is 66.6 Å². The van der Waals surface area contributed by atoms with Crippen molar-refractivity contribution in [3.8, 4) is 0 Å². The first-order chi connectivity index (χ1) is 9.90. The Morgan fingerprint density at radius 3 is 2.65 bits per heavy atom. The lowest BCUT2D eigenvalue weighted by molar-refractivity contribution is -0.0232. The van der Waals surface area contributed by atoms with Crippen LogP contribution >= 0.6 is 0 Å². The second-order valence-electron chi connectivity index (χ2n) is 5.52. The fraction of sp³-hybridized carbons (Fsp3) is 0.769. The van der Waals surface area contributed by atoms with Gasteiger partial charge in [-0.3, -0.25) is 0 Å². The zero-order chi connectivity index (χ0) is 13.4. The van der Waals surface area contributed by atoms with Gasteiger partial charge in [-0.1, -0.05) is 0 Å². The summed E-state index contributed by atoms with van der Waals surface area (Å²) in [4.78, 5) is 17.8. The third-order valence-corrected chi connectivity index (χ3v) is 4.28. The van der Waals surface area contributed by atoms with Crippen molar-refractivity contribution in [1.82, 2.24) is 15.0 Å². The molecule has 4 saturated heterocycles. The van der Waals surface area contributed by atoms with Gasteiger partial charge in [-0.15, -0.1) is 0 Å². The van der Waals surface area contributed by atoms with E-state index in [0.29, 0.717) is 12.1 Å². The highest BCUT2D eigenvalue weighted by atomic mass is 16.5. The first-order valence-corrected chi connectivity index (χ1v) is 7.30. The van der Waals surface area contributed by atoms with Crippen LogP contribution in [0.1, 0.15) is 12.8 Å². The van der Waals surface area contributed by atoms with E-state index in [9.17, 15) is 0 Å². The zero-order valence-corrected chi connectivity index (χ0v) is 11.4. The maximum Gasteiger partial charge on any atom is 0.230 e. The molecule has 0 radical (unpaired) electrons. The Labute approximate surface area is 117 Å². The van der Waals surface area contributed by atoms with Crippen LogP contribution in [0.2, 0.25) is 0 Å². The number of aromatic nitrogens is 3. The fourth-order valence-electron chi connectivity index (χ4n) is 3.13. The molecular formula is C13H19N5O2. The molecule has 5 heterocycles. The van der Waals surface area contributed by atoms with Gasteiger partial charge in [0.1, 0.15) is 6.33 Å². The van der Waals surface area contributed by atoms with Crippen LogP contribution in [0.4, 0.5) is 11.9 Å². The number of ether oxygens (including phenoxy) is 2. The topological polar surface area (TPSA) is 63.6 Å². The Kier molecular flexibility index (Phi) is 3.16. The summed E-state index contributed by atoms with van der Waals surface area (Å²) in [5, 5.41) is 0. The van der Waals surface area contributed by atoms with E-state index in [1.807, 2.05) is 0 Å². The monoisotopic (exact) mass is 277 g/mol. The lowest BCUT2D eigenvalue weighted by Crippen LogP contribution is -2.55.